The van der Waals surface area contributed by atoms with E-state index < -0.39 is 0 Å². The van der Waals surface area contributed by atoms with Gasteiger partial charge in [-0.15, -0.1) is 41.0 Å². The molecule has 2 bridgehead atoms. The fourth-order valence-electron chi connectivity index (χ4n) is 4.06. The maximum absolute atomic E-state index is 2.99. The van der Waals surface area contributed by atoms with Gasteiger partial charge in [0.05, 0.1) is 0 Å². The molecule has 3 aromatic carbocycles. The maximum Gasteiger partial charge on any atom is -0.0279 e. The van der Waals surface area contributed by atoms with Gasteiger partial charge in [-0.25, -0.2) is 12.2 Å². The van der Waals surface area contributed by atoms with E-state index in [-0.39, 0.29) is 24.8 Å². The summed E-state index contributed by atoms with van der Waals surface area (Å²) in [5, 5.41) is 2.72. The molecule has 0 aromatic heterocycles. The number of allylic oxidation sites excluding steroid dienone is 4. The molecule has 6 rings (SSSR count). The van der Waals surface area contributed by atoms with Gasteiger partial charge in [0.25, 0.3) is 0 Å². The van der Waals surface area contributed by atoms with Crippen LogP contribution in [0.1, 0.15) is 18.9 Å². The van der Waals surface area contributed by atoms with E-state index in [1.54, 1.807) is 24.2 Å². The molecule has 0 saturated carbocycles. The Balaban J connectivity index is 0.000000201. The monoisotopic (exact) mass is 556 g/mol. The maximum atomic E-state index is 2.99. The van der Waals surface area contributed by atoms with Gasteiger partial charge in [0.2, 0.25) is 0 Å². The molecule has 0 nitrogen and oxygen atoms in total. The molecule has 2 heterocycles. The van der Waals surface area contributed by atoms with Crippen LogP contribution in [0.5, 0.6) is 0 Å². The van der Waals surface area contributed by atoms with Crippen LogP contribution in [-0.4, -0.2) is 10.9 Å². The molecule has 0 fully saturated rings. The molecule has 0 atom stereocenters. The molecule has 3 aliphatic rings. The summed E-state index contributed by atoms with van der Waals surface area (Å²) >= 11 is 0.465. The smallest absolute Gasteiger partial charge is 0.0279 e. The first-order valence-electron chi connectivity index (χ1n) is 10.8. The number of benzene rings is 2. The fourth-order valence-corrected chi connectivity index (χ4v) is 46.6. The second kappa shape index (κ2) is 13.9. The topological polar surface area (TPSA) is 0 Å². The zero-order valence-corrected chi connectivity index (χ0v) is 24.0. The van der Waals surface area contributed by atoms with Crippen LogP contribution < -0.4 is 24.8 Å². The van der Waals surface area contributed by atoms with E-state index in [1.807, 2.05) is 12.2 Å². The fraction of sp³-hybridized carbons (Fsp3) is 0.269. The summed E-state index contributed by atoms with van der Waals surface area (Å²) in [5.41, 5.74) is 5.13. The van der Waals surface area contributed by atoms with Gasteiger partial charge in [-0.2, -0.15) is 12.1 Å². The van der Waals surface area contributed by atoms with Gasteiger partial charge in [0.1, 0.15) is 0 Å². The summed E-state index contributed by atoms with van der Waals surface area (Å²) in [5.74, 6) is 0. The second-order valence-electron chi connectivity index (χ2n) is 7.73. The number of halogens is 2. The summed E-state index contributed by atoms with van der Waals surface area (Å²) in [6, 6.07) is 28.9. The van der Waals surface area contributed by atoms with Crippen LogP contribution in [-0.2, 0) is 26.9 Å². The van der Waals surface area contributed by atoms with E-state index in [1.165, 1.54) is 27.5 Å². The van der Waals surface area contributed by atoms with E-state index in [4.69, 9.17) is 0 Å². The van der Waals surface area contributed by atoms with Crippen LogP contribution in [0.25, 0.3) is 21.9 Å². The van der Waals surface area contributed by atoms with Crippen LogP contribution in [0.3, 0.4) is 0 Å². The molecule has 0 spiro atoms. The van der Waals surface area contributed by atoms with Crippen molar-refractivity contribution in [1.82, 2.24) is 0 Å². The van der Waals surface area contributed by atoms with Crippen LogP contribution in [0.15, 0.2) is 78.9 Å². The minimum absolute atomic E-state index is 0. The molecule has 0 saturated heterocycles. The summed E-state index contributed by atoms with van der Waals surface area (Å²) in [6.45, 7) is 2.20. The standard InChI is InChI=1S/C17H15.C5H5.C4H8Si2.2ClH.Zr/c1-2-13-11-15-9-6-10-16(17(15)12-13)14-7-4-3-5-8-14;1-2-4-5-3-1;1-2-6-4-3-5-1;;;/h3-12H,2H2,1H3;1-3H,4H2;1-4H2;2*1H;/q2*-1;;;;/p-2. The quantitative estimate of drug-likeness (QED) is 0.328. The Bertz CT molecular complexity index is 1070. The van der Waals surface area contributed by atoms with Gasteiger partial charge < -0.3 is 24.8 Å². The van der Waals surface area contributed by atoms with Crippen molar-refractivity contribution in [2.24, 2.45) is 0 Å². The Labute approximate surface area is 211 Å². The first-order chi connectivity index (χ1) is 14.3. The van der Waals surface area contributed by atoms with Crippen LogP contribution in [0.4, 0.5) is 0 Å². The molecule has 0 radical (unpaired) electrons. The molecular formula is C26H28Cl2Si2Zr-4. The van der Waals surface area contributed by atoms with Crippen LogP contribution in [0, 0.1) is 6.08 Å². The third-order valence-corrected chi connectivity index (χ3v) is 36.0. The van der Waals surface area contributed by atoms with Gasteiger partial charge in [-0.05, 0) is 12.0 Å². The first-order valence-corrected chi connectivity index (χ1v) is 22.0. The van der Waals surface area contributed by atoms with Gasteiger partial charge >= 0.3 is 55.5 Å². The Hall–Kier alpha value is -0.573. The Kier molecular flexibility index (Phi) is 11.9. The van der Waals surface area contributed by atoms with Gasteiger partial charge in [-0.3, -0.25) is 6.08 Å². The Morgan fingerprint density at radius 1 is 0.935 bits per heavy atom. The summed E-state index contributed by atoms with van der Waals surface area (Å²) in [7, 11) is 0. The van der Waals surface area contributed by atoms with Gasteiger partial charge in [-0.1, -0.05) is 48.9 Å². The summed E-state index contributed by atoms with van der Waals surface area (Å²) in [4.78, 5) is 0. The minimum Gasteiger partial charge on any atom is -1.00 e. The number of aryl methyl sites for hydroxylation is 1. The van der Waals surface area contributed by atoms with Crippen molar-refractivity contribution in [1.29, 1.82) is 0 Å². The van der Waals surface area contributed by atoms with Crippen molar-refractivity contribution in [3.63, 3.8) is 0 Å². The average molecular weight is 559 g/mol. The Morgan fingerprint density at radius 2 is 1.65 bits per heavy atom. The zero-order valence-electron chi connectivity index (χ0n) is 18.0. The molecule has 0 N–H and O–H groups in total. The molecule has 31 heavy (non-hydrogen) atoms. The van der Waals surface area contributed by atoms with E-state index in [9.17, 15) is 0 Å². The molecule has 2 aliphatic heterocycles. The van der Waals surface area contributed by atoms with Crippen molar-refractivity contribution in [3.8, 4) is 11.1 Å². The normalized spacial score (nSPS) is 14.5. The molecule has 5 heteroatoms. The van der Waals surface area contributed by atoms with Crippen LogP contribution in [0.2, 0.25) is 24.2 Å². The largest absolute Gasteiger partial charge is 1.00 e. The van der Waals surface area contributed by atoms with E-state index in [2.05, 4.69) is 79.7 Å². The Morgan fingerprint density at radius 3 is 2.13 bits per heavy atom. The van der Waals surface area contributed by atoms with Crippen LogP contribution >= 0.6 is 0 Å². The molecule has 0 unspecified atom stereocenters. The number of fused-ring (bicyclic) bond motifs is 1. The average Bonchev–Trinajstić information content (AvgIpc) is 3.59. The molecule has 0 amide bonds. The summed E-state index contributed by atoms with van der Waals surface area (Å²) in [6.07, 6.45) is 11.1. The van der Waals surface area contributed by atoms with E-state index >= 15 is 0 Å². The van der Waals surface area contributed by atoms with Crippen molar-refractivity contribution in [2.45, 2.75) is 43.9 Å². The van der Waals surface area contributed by atoms with E-state index in [0.717, 1.165) is 12.8 Å². The second-order valence-corrected chi connectivity index (χ2v) is 29.1. The SMILES string of the molecule is C1C[Si]2=[Zr]=[Si]1CC2.CCc1cc2c(-c3ccccc3)cccc2[cH-]1.[C-]1=CC=CC1.[Cl-].[Cl-]. The summed E-state index contributed by atoms with van der Waals surface area (Å²) < 4.78 is 0. The van der Waals surface area contributed by atoms with Crippen molar-refractivity contribution >= 4 is 21.6 Å². The molecule has 162 valence electrons. The predicted molar refractivity (Wildman–Crippen MR) is 127 cm³/mol. The number of hydrogen-bond acceptors (Lipinski definition) is 0. The van der Waals surface area contributed by atoms with Gasteiger partial charge in [0.15, 0.2) is 0 Å². The number of rotatable bonds is 2. The van der Waals surface area contributed by atoms with Crippen molar-refractivity contribution in [2.75, 3.05) is 0 Å². The predicted octanol–water partition coefficient (Wildman–Crippen LogP) is 1.18. The molecule has 1 aliphatic carbocycles. The van der Waals surface area contributed by atoms with Crippen molar-refractivity contribution < 1.29 is 45.3 Å². The third kappa shape index (κ3) is 7.47. The third-order valence-electron chi connectivity index (χ3n) is 5.70. The zero-order chi connectivity index (χ0) is 19.9. The van der Waals surface area contributed by atoms with Gasteiger partial charge in [0, 0.05) is 0 Å². The molecule has 3 aromatic rings. The molecular weight excluding hydrogens is 531 g/mol. The van der Waals surface area contributed by atoms with Crippen molar-refractivity contribution in [3.05, 3.63) is 90.5 Å². The van der Waals surface area contributed by atoms with E-state index in [0.29, 0.717) is 31.3 Å². The first kappa shape index (κ1) is 26.7. The number of hydrogen-bond donors (Lipinski definition) is 0. The minimum atomic E-state index is 0.